The average Bonchev–Trinajstić information content (AvgIpc) is 3.07. The summed E-state index contributed by atoms with van der Waals surface area (Å²) in [4.78, 5) is 50.8. The van der Waals surface area contributed by atoms with Crippen molar-refractivity contribution in [1.29, 1.82) is 0 Å². The monoisotopic (exact) mass is 655 g/mol. The van der Waals surface area contributed by atoms with Crippen LogP contribution in [0.1, 0.15) is 44.7 Å². The second-order valence-electron chi connectivity index (χ2n) is 11.7. The third-order valence-corrected chi connectivity index (χ3v) is 8.41. The molecule has 3 aromatic rings. The summed E-state index contributed by atoms with van der Waals surface area (Å²) in [5.74, 6) is 0.374. The van der Waals surface area contributed by atoms with Gasteiger partial charge in [0.1, 0.15) is 11.2 Å². The van der Waals surface area contributed by atoms with Gasteiger partial charge in [0, 0.05) is 70.3 Å². The molecular weight excluding hydrogens is 613 g/mol. The largest absolute Gasteiger partial charge is 0.493 e. The number of hydrogen-bond donors (Lipinski definition) is 0. The van der Waals surface area contributed by atoms with Gasteiger partial charge in [0.15, 0.2) is 0 Å². The van der Waals surface area contributed by atoms with E-state index >= 15 is 0 Å². The minimum atomic E-state index is -1.15. The first-order valence-corrected chi connectivity index (χ1v) is 15.1. The van der Waals surface area contributed by atoms with E-state index in [1.165, 1.54) is 5.56 Å². The molecule has 9 nitrogen and oxygen atoms in total. The highest BCUT2D eigenvalue weighted by atomic mass is 35.5. The molecule has 5 rings (SSSR count). The number of carbonyl (C=O) groups is 3. The summed E-state index contributed by atoms with van der Waals surface area (Å²) < 4.78 is 6.16. The normalized spacial score (nSPS) is 15.6. The molecular formula is C34H43Cl2N5O4. The van der Waals surface area contributed by atoms with Gasteiger partial charge in [-0.05, 0) is 75.1 Å². The molecule has 242 valence electrons. The second kappa shape index (κ2) is 15.6. The Morgan fingerprint density at radius 3 is 2.33 bits per heavy atom. The minimum absolute atomic E-state index is 0. The summed E-state index contributed by atoms with van der Waals surface area (Å²) in [5.41, 5.74) is 3.62. The third kappa shape index (κ3) is 7.77. The van der Waals surface area contributed by atoms with Crippen LogP contribution in [0, 0.1) is 5.41 Å². The van der Waals surface area contributed by atoms with Crippen molar-refractivity contribution >= 4 is 59.6 Å². The Morgan fingerprint density at radius 2 is 1.60 bits per heavy atom. The van der Waals surface area contributed by atoms with Crippen LogP contribution in [0.15, 0.2) is 67.0 Å². The quantitative estimate of drug-likeness (QED) is 0.199. The van der Waals surface area contributed by atoms with Gasteiger partial charge in [-0.3, -0.25) is 24.3 Å². The first kappa shape index (κ1) is 35.8. The van der Waals surface area contributed by atoms with E-state index in [9.17, 15) is 14.4 Å². The summed E-state index contributed by atoms with van der Waals surface area (Å²) in [6.07, 6.45) is 5.71. The van der Waals surface area contributed by atoms with Crippen molar-refractivity contribution in [1.82, 2.24) is 9.88 Å². The fraction of sp³-hybridized carbons (Fsp3) is 0.412. The number of benzene rings is 2. The molecule has 0 fully saturated rings. The van der Waals surface area contributed by atoms with Gasteiger partial charge in [-0.1, -0.05) is 18.2 Å². The second-order valence-corrected chi connectivity index (χ2v) is 11.7. The van der Waals surface area contributed by atoms with Crippen LogP contribution in [0.25, 0.3) is 0 Å². The topological polar surface area (TPSA) is 86.3 Å². The number of ether oxygens (including phenoxy) is 1. The van der Waals surface area contributed by atoms with Crippen LogP contribution in [-0.4, -0.2) is 67.4 Å². The smallest absolute Gasteiger partial charge is 0.242 e. The number of pyridine rings is 1. The van der Waals surface area contributed by atoms with Crippen LogP contribution in [0.3, 0.4) is 0 Å². The number of aromatic nitrogens is 1. The standard InChI is InChI=1S/C34H41N5O4.2ClH/c1-5-38-29-13-12-27(23-30(29)36(4)32(41)34(2,3)33(38)42)43-22-8-19-37(24-25-15-17-35-18-16-25)20-21-39-28-10-7-6-9-26(28)11-14-31(39)40;;/h6-7,9-10,12-13,15-18,23H,5,8,11,14,19-22,24H2,1-4H3;2*1H. The van der Waals surface area contributed by atoms with Gasteiger partial charge in [0.25, 0.3) is 0 Å². The summed E-state index contributed by atoms with van der Waals surface area (Å²) in [6.45, 7) is 9.09. The molecule has 0 aliphatic carbocycles. The van der Waals surface area contributed by atoms with Crippen molar-refractivity contribution in [2.24, 2.45) is 5.41 Å². The van der Waals surface area contributed by atoms with E-state index in [1.54, 1.807) is 43.1 Å². The van der Waals surface area contributed by atoms with Crippen LogP contribution in [0.2, 0.25) is 0 Å². The number of rotatable bonds is 11. The molecule has 2 aromatic carbocycles. The number of carbonyl (C=O) groups excluding carboxylic acids is 3. The number of fused-ring (bicyclic) bond motifs is 2. The maximum absolute atomic E-state index is 13.2. The molecule has 0 saturated carbocycles. The number of halogens is 2. The first-order valence-electron chi connectivity index (χ1n) is 15.1. The van der Waals surface area contributed by atoms with Crippen LogP contribution in [-0.2, 0) is 27.3 Å². The third-order valence-electron chi connectivity index (χ3n) is 8.41. The van der Waals surface area contributed by atoms with Gasteiger partial charge in [-0.25, -0.2) is 0 Å². The van der Waals surface area contributed by atoms with Gasteiger partial charge in [-0.2, -0.15) is 0 Å². The molecule has 2 aliphatic heterocycles. The zero-order chi connectivity index (χ0) is 30.6. The number of amides is 3. The Labute approximate surface area is 278 Å². The zero-order valence-electron chi connectivity index (χ0n) is 26.4. The molecule has 0 atom stereocenters. The van der Waals surface area contributed by atoms with Crippen LogP contribution >= 0.6 is 24.8 Å². The molecule has 1 aromatic heterocycles. The van der Waals surface area contributed by atoms with Crippen LogP contribution in [0.4, 0.5) is 17.1 Å². The minimum Gasteiger partial charge on any atom is -0.493 e. The predicted molar refractivity (Wildman–Crippen MR) is 183 cm³/mol. The number of aryl methyl sites for hydroxylation is 1. The highest BCUT2D eigenvalue weighted by Crippen LogP contribution is 2.40. The zero-order valence-corrected chi connectivity index (χ0v) is 28.0. The summed E-state index contributed by atoms with van der Waals surface area (Å²) in [5, 5.41) is 0. The summed E-state index contributed by atoms with van der Waals surface area (Å²) >= 11 is 0. The van der Waals surface area contributed by atoms with E-state index in [1.807, 2.05) is 60.4 Å². The lowest BCUT2D eigenvalue weighted by Gasteiger charge is -2.32. The fourth-order valence-electron chi connectivity index (χ4n) is 5.95. The molecule has 2 aliphatic rings. The van der Waals surface area contributed by atoms with Crippen LogP contribution < -0.4 is 19.4 Å². The molecule has 3 amide bonds. The fourth-order valence-corrected chi connectivity index (χ4v) is 5.95. The lowest BCUT2D eigenvalue weighted by molar-refractivity contribution is -0.137. The van der Waals surface area contributed by atoms with E-state index in [4.69, 9.17) is 4.74 Å². The molecule has 0 saturated heterocycles. The van der Waals surface area contributed by atoms with Crippen molar-refractivity contribution in [2.45, 2.75) is 46.6 Å². The van der Waals surface area contributed by atoms with Gasteiger partial charge >= 0.3 is 0 Å². The van der Waals surface area contributed by atoms with Gasteiger partial charge in [0.05, 0.1) is 18.0 Å². The molecule has 0 radical (unpaired) electrons. The molecule has 0 unspecified atom stereocenters. The van der Waals surface area contributed by atoms with E-state index in [-0.39, 0.29) is 42.5 Å². The maximum atomic E-state index is 13.2. The first-order chi connectivity index (χ1) is 20.7. The van der Waals surface area contributed by atoms with E-state index in [0.717, 1.165) is 43.7 Å². The number of nitrogens with zero attached hydrogens (tertiary/aromatic N) is 5. The Balaban J connectivity index is 0.00000276. The van der Waals surface area contributed by atoms with Crippen molar-refractivity contribution in [3.63, 3.8) is 0 Å². The van der Waals surface area contributed by atoms with E-state index < -0.39 is 5.41 Å². The van der Waals surface area contributed by atoms with Crippen molar-refractivity contribution in [2.75, 3.05) is 54.5 Å². The summed E-state index contributed by atoms with van der Waals surface area (Å²) in [6, 6.07) is 17.8. The molecule has 3 heterocycles. The Morgan fingerprint density at radius 1 is 0.867 bits per heavy atom. The van der Waals surface area contributed by atoms with Crippen molar-refractivity contribution < 1.29 is 19.1 Å². The van der Waals surface area contributed by atoms with Gasteiger partial charge in [-0.15, -0.1) is 24.8 Å². The SMILES string of the molecule is CCN1C(=O)C(C)(C)C(=O)N(C)c2cc(OCCCN(CCN3C(=O)CCc4ccccc43)Cc3ccncc3)ccc21.Cl.Cl. The average molecular weight is 657 g/mol. The highest BCUT2D eigenvalue weighted by Gasteiger charge is 2.45. The molecule has 45 heavy (non-hydrogen) atoms. The predicted octanol–water partition coefficient (Wildman–Crippen LogP) is 5.53. The Hall–Kier alpha value is -3.66. The molecule has 0 bridgehead atoms. The molecule has 11 heteroatoms. The van der Waals surface area contributed by atoms with Crippen molar-refractivity contribution in [3.8, 4) is 5.75 Å². The van der Waals surface area contributed by atoms with Crippen LogP contribution in [0.5, 0.6) is 5.75 Å². The molecule has 0 N–H and O–H groups in total. The van der Waals surface area contributed by atoms with Crippen molar-refractivity contribution in [3.05, 3.63) is 78.1 Å². The number of para-hydroxylation sites is 1. The maximum Gasteiger partial charge on any atom is 0.242 e. The number of anilines is 3. The summed E-state index contributed by atoms with van der Waals surface area (Å²) in [7, 11) is 1.71. The van der Waals surface area contributed by atoms with E-state index in [2.05, 4.69) is 16.0 Å². The van der Waals surface area contributed by atoms with Gasteiger partial charge in [0.2, 0.25) is 17.7 Å². The lowest BCUT2D eigenvalue weighted by Crippen LogP contribution is -2.47. The number of hydrogen-bond acceptors (Lipinski definition) is 6. The van der Waals surface area contributed by atoms with E-state index in [0.29, 0.717) is 43.2 Å². The highest BCUT2D eigenvalue weighted by molar-refractivity contribution is 6.20. The van der Waals surface area contributed by atoms with Gasteiger partial charge < -0.3 is 19.4 Å². The lowest BCUT2D eigenvalue weighted by atomic mass is 9.90. The Bertz CT molecular complexity index is 1490. The molecule has 0 spiro atoms. The Kier molecular flexibility index (Phi) is 12.4.